The van der Waals surface area contributed by atoms with Gasteiger partial charge in [-0.2, -0.15) is 0 Å². The standard InChI is InChI=1S/C26H34N4O4S.CH4/c27-16-19-10-12-20(13-11-19)17-28-25(31)22(14-18-6-2-1-3-7-18)29-26(32)23-15-21-8-4-5-9-24(21)35(33,34)30-23;/h1-3,6-7,10-13,21-24,30H,4-5,8-9,14-17,27H2,(H,28,31)(H,29,32);1H4/t21?,22-,23?,24?;/m0./s1. The number of hydrogen-bond acceptors (Lipinski definition) is 5. The van der Waals surface area contributed by atoms with Crippen molar-refractivity contribution in [3.05, 3.63) is 71.3 Å². The molecule has 1 aliphatic carbocycles. The van der Waals surface area contributed by atoms with Crippen LogP contribution in [0.15, 0.2) is 54.6 Å². The van der Waals surface area contributed by atoms with Crippen LogP contribution in [0.3, 0.4) is 0 Å². The highest BCUT2D eigenvalue weighted by molar-refractivity contribution is 7.90. The summed E-state index contributed by atoms with van der Waals surface area (Å²) in [5.41, 5.74) is 8.47. The molecule has 0 spiro atoms. The van der Waals surface area contributed by atoms with Crippen molar-refractivity contribution < 1.29 is 18.0 Å². The van der Waals surface area contributed by atoms with Crippen molar-refractivity contribution in [2.24, 2.45) is 11.7 Å². The van der Waals surface area contributed by atoms with Crippen LogP contribution >= 0.6 is 0 Å². The lowest BCUT2D eigenvalue weighted by Crippen LogP contribution is -2.59. The number of nitrogens with two attached hydrogens (primary N) is 1. The molecule has 1 saturated carbocycles. The molecule has 4 atom stereocenters. The number of benzene rings is 2. The van der Waals surface area contributed by atoms with Crippen molar-refractivity contribution in [2.45, 2.75) is 76.4 Å². The summed E-state index contributed by atoms with van der Waals surface area (Å²) in [6, 6.07) is 15.4. The number of amides is 2. The second-order valence-corrected chi connectivity index (χ2v) is 11.5. The molecule has 1 heterocycles. The van der Waals surface area contributed by atoms with Crippen LogP contribution in [0.4, 0.5) is 0 Å². The smallest absolute Gasteiger partial charge is 0.243 e. The molecule has 196 valence electrons. The summed E-state index contributed by atoms with van der Waals surface area (Å²) in [6.45, 7) is 0.759. The van der Waals surface area contributed by atoms with Crippen LogP contribution < -0.4 is 21.1 Å². The number of fused-ring (bicyclic) bond motifs is 1. The zero-order chi connectivity index (χ0) is 24.8. The molecule has 36 heavy (non-hydrogen) atoms. The Labute approximate surface area is 214 Å². The average Bonchev–Trinajstić information content (AvgIpc) is 2.87. The summed E-state index contributed by atoms with van der Waals surface area (Å²) in [7, 11) is -3.57. The number of rotatable bonds is 8. The molecule has 2 aliphatic rings. The Balaban J connectivity index is 0.00000361. The predicted octanol–water partition coefficient (Wildman–Crippen LogP) is 2.38. The van der Waals surface area contributed by atoms with Crippen molar-refractivity contribution in [3.63, 3.8) is 0 Å². The fourth-order valence-electron chi connectivity index (χ4n) is 5.09. The van der Waals surface area contributed by atoms with Gasteiger partial charge in [0.05, 0.1) is 5.25 Å². The lowest BCUT2D eigenvalue weighted by atomic mass is 9.84. The first-order valence-electron chi connectivity index (χ1n) is 12.3. The number of carbonyl (C=O) groups is 2. The summed E-state index contributed by atoms with van der Waals surface area (Å²) in [5.74, 6) is -0.802. The topological polar surface area (TPSA) is 130 Å². The molecule has 9 heteroatoms. The van der Waals surface area contributed by atoms with E-state index in [1.54, 1.807) is 0 Å². The van der Waals surface area contributed by atoms with Crippen LogP contribution in [-0.4, -0.2) is 37.6 Å². The van der Waals surface area contributed by atoms with Crippen LogP contribution in [-0.2, 0) is 39.1 Å². The van der Waals surface area contributed by atoms with Gasteiger partial charge in [0.25, 0.3) is 0 Å². The third-order valence-corrected chi connectivity index (χ3v) is 9.07. The van der Waals surface area contributed by atoms with Crippen molar-refractivity contribution >= 4 is 21.8 Å². The van der Waals surface area contributed by atoms with Crippen LogP contribution in [0.5, 0.6) is 0 Å². The molecule has 2 fully saturated rings. The molecule has 3 unspecified atom stereocenters. The molecule has 1 aliphatic heterocycles. The number of carbonyl (C=O) groups excluding carboxylic acids is 2. The monoisotopic (exact) mass is 514 g/mol. The fraction of sp³-hybridized carbons (Fsp3) is 0.481. The number of nitrogens with one attached hydrogen (secondary N) is 3. The minimum atomic E-state index is -3.57. The van der Waals surface area contributed by atoms with Crippen LogP contribution in [0, 0.1) is 5.92 Å². The van der Waals surface area contributed by atoms with Gasteiger partial charge in [-0.3, -0.25) is 9.59 Å². The lowest BCUT2D eigenvalue weighted by molar-refractivity contribution is -0.130. The van der Waals surface area contributed by atoms with E-state index in [9.17, 15) is 18.0 Å². The highest BCUT2D eigenvalue weighted by Crippen LogP contribution is 2.35. The Morgan fingerprint density at radius 3 is 2.33 bits per heavy atom. The Bertz CT molecular complexity index is 1120. The molecule has 0 bridgehead atoms. The Hall–Kier alpha value is -2.75. The first-order valence-corrected chi connectivity index (χ1v) is 13.8. The second kappa shape index (κ2) is 12.5. The number of hydrogen-bond donors (Lipinski definition) is 4. The molecule has 5 N–H and O–H groups in total. The maximum Gasteiger partial charge on any atom is 0.243 e. The van der Waals surface area contributed by atoms with E-state index in [2.05, 4.69) is 15.4 Å². The van der Waals surface area contributed by atoms with Crippen molar-refractivity contribution in [1.29, 1.82) is 0 Å². The second-order valence-electron chi connectivity index (χ2n) is 9.52. The van der Waals surface area contributed by atoms with Gasteiger partial charge in [-0.05, 0) is 41.9 Å². The lowest BCUT2D eigenvalue weighted by Gasteiger charge is -2.39. The van der Waals surface area contributed by atoms with E-state index in [1.165, 1.54) is 0 Å². The third-order valence-electron chi connectivity index (χ3n) is 7.04. The maximum absolute atomic E-state index is 13.2. The molecular formula is C27H38N4O4S. The van der Waals surface area contributed by atoms with Gasteiger partial charge in [-0.1, -0.05) is 74.9 Å². The van der Waals surface area contributed by atoms with E-state index in [1.807, 2.05) is 54.6 Å². The van der Waals surface area contributed by atoms with Gasteiger partial charge in [0, 0.05) is 19.5 Å². The van der Waals surface area contributed by atoms with Crippen LogP contribution in [0.25, 0.3) is 0 Å². The Morgan fingerprint density at radius 1 is 0.972 bits per heavy atom. The highest BCUT2D eigenvalue weighted by atomic mass is 32.2. The van der Waals surface area contributed by atoms with Gasteiger partial charge in [-0.15, -0.1) is 0 Å². The minimum Gasteiger partial charge on any atom is -0.350 e. The molecule has 0 radical (unpaired) electrons. The molecule has 0 aromatic heterocycles. The Kier molecular flexibility index (Phi) is 9.64. The summed E-state index contributed by atoms with van der Waals surface area (Å²) >= 11 is 0. The summed E-state index contributed by atoms with van der Waals surface area (Å²) in [5, 5.41) is 5.31. The van der Waals surface area contributed by atoms with Gasteiger partial charge < -0.3 is 16.4 Å². The number of sulfonamides is 1. The molecule has 2 aromatic carbocycles. The normalized spacial score (nSPS) is 23.4. The summed E-state index contributed by atoms with van der Waals surface area (Å²) in [4.78, 5) is 26.3. The van der Waals surface area contributed by atoms with E-state index >= 15 is 0 Å². The quantitative estimate of drug-likeness (QED) is 0.430. The van der Waals surface area contributed by atoms with E-state index in [0.717, 1.165) is 36.0 Å². The largest absolute Gasteiger partial charge is 0.350 e. The van der Waals surface area contributed by atoms with E-state index in [-0.39, 0.29) is 19.3 Å². The van der Waals surface area contributed by atoms with Gasteiger partial charge >= 0.3 is 0 Å². The van der Waals surface area contributed by atoms with Gasteiger partial charge in [0.1, 0.15) is 12.1 Å². The Morgan fingerprint density at radius 2 is 1.64 bits per heavy atom. The zero-order valence-electron chi connectivity index (χ0n) is 19.8. The first-order chi connectivity index (χ1) is 16.9. The predicted molar refractivity (Wildman–Crippen MR) is 141 cm³/mol. The average molecular weight is 515 g/mol. The van der Waals surface area contributed by atoms with Crippen molar-refractivity contribution in [2.75, 3.05) is 0 Å². The van der Waals surface area contributed by atoms with Crippen LogP contribution in [0.2, 0.25) is 0 Å². The fourth-order valence-corrected chi connectivity index (χ4v) is 7.09. The minimum absolute atomic E-state index is 0. The summed E-state index contributed by atoms with van der Waals surface area (Å²) in [6.07, 6.45) is 4.09. The van der Waals surface area contributed by atoms with Crippen molar-refractivity contribution in [3.8, 4) is 0 Å². The molecule has 2 aromatic rings. The van der Waals surface area contributed by atoms with Crippen molar-refractivity contribution in [1.82, 2.24) is 15.4 Å². The molecular weight excluding hydrogens is 476 g/mol. The molecule has 1 saturated heterocycles. The summed E-state index contributed by atoms with van der Waals surface area (Å²) < 4.78 is 28.1. The highest BCUT2D eigenvalue weighted by Gasteiger charge is 2.44. The van der Waals surface area contributed by atoms with Crippen LogP contribution in [0.1, 0.15) is 56.2 Å². The van der Waals surface area contributed by atoms with Gasteiger partial charge in [-0.25, -0.2) is 13.1 Å². The molecule has 8 nitrogen and oxygen atoms in total. The SMILES string of the molecule is C.NCc1ccc(CNC(=O)[C@H](Cc2ccccc2)NC(=O)C2CC3CCCCC3S(=O)(=O)N2)cc1. The third kappa shape index (κ3) is 6.93. The van der Waals surface area contributed by atoms with Gasteiger partial charge in [0.15, 0.2) is 0 Å². The van der Waals surface area contributed by atoms with E-state index < -0.39 is 33.3 Å². The van der Waals surface area contributed by atoms with E-state index in [0.29, 0.717) is 32.4 Å². The zero-order valence-corrected chi connectivity index (χ0v) is 20.6. The maximum atomic E-state index is 13.2. The van der Waals surface area contributed by atoms with Gasteiger partial charge in [0.2, 0.25) is 21.8 Å². The first kappa shape index (κ1) is 27.8. The molecule has 4 rings (SSSR count). The van der Waals surface area contributed by atoms with E-state index in [4.69, 9.17) is 5.73 Å². The molecule has 2 amide bonds.